The van der Waals surface area contributed by atoms with Crippen molar-refractivity contribution in [1.82, 2.24) is 14.9 Å². The first kappa shape index (κ1) is 13.3. The second kappa shape index (κ2) is 6.18. The molecule has 0 saturated carbocycles. The van der Waals surface area contributed by atoms with Gasteiger partial charge in [-0.3, -0.25) is 4.79 Å². The van der Waals surface area contributed by atoms with Crippen molar-refractivity contribution in [3.8, 4) is 5.69 Å². The SMILES string of the molecule is CCCCNC(=O)c1cn(-c2ccc(C)cc2)cn1. The fraction of sp³-hybridized carbons (Fsp3) is 0.333. The van der Waals surface area contributed by atoms with Crippen molar-refractivity contribution in [3.63, 3.8) is 0 Å². The summed E-state index contributed by atoms with van der Waals surface area (Å²) in [5, 5.41) is 2.86. The van der Waals surface area contributed by atoms with E-state index in [2.05, 4.69) is 17.2 Å². The summed E-state index contributed by atoms with van der Waals surface area (Å²) in [7, 11) is 0. The van der Waals surface area contributed by atoms with Crippen LogP contribution in [0.4, 0.5) is 0 Å². The molecule has 2 rings (SSSR count). The van der Waals surface area contributed by atoms with Gasteiger partial charge < -0.3 is 9.88 Å². The molecule has 0 radical (unpaired) electrons. The summed E-state index contributed by atoms with van der Waals surface area (Å²) in [5.41, 5.74) is 2.67. The van der Waals surface area contributed by atoms with E-state index in [1.165, 1.54) is 5.56 Å². The third kappa shape index (κ3) is 3.44. The first-order valence-electron chi connectivity index (χ1n) is 6.60. The lowest BCUT2D eigenvalue weighted by atomic mass is 10.2. The number of carbonyl (C=O) groups is 1. The van der Waals surface area contributed by atoms with E-state index in [0.717, 1.165) is 18.5 Å². The van der Waals surface area contributed by atoms with Crippen molar-refractivity contribution in [3.05, 3.63) is 48.0 Å². The number of unbranched alkanes of at least 4 members (excludes halogenated alkanes) is 1. The highest BCUT2D eigenvalue weighted by atomic mass is 16.1. The number of rotatable bonds is 5. The van der Waals surface area contributed by atoms with Gasteiger partial charge in [0.1, 0.15) is 12.0 Å². The molecular formula is C15H19N3O. The van der Waals surface area contributed by atoms with Gasteiger partial charge in [-0.1, -0.05) is 31.0 Å². The average molecular weight is 257 g/mol. The van der Waals surface area contributed by atoms with Crippen molar-refractivity contribution in [2.45, 2.75) is 26.7 Å². The van der Waals surface area contributed by atoms with Crippen LogP contribution in [0.1, 0.15) is 35.8 Å². The second-order valence-electron chi connectivity index (χ2n) is 4.61. The highest BCUT2D eigenvalue weighted by Crippen LogP contribution is 2.10. The first-order valence-corrected chi connectivity index (χ1v) is 6.60. The zero-order valence-corrected chi connectivity index (χ0v) is 11.4. The van der Waals surface area contributed by atoms with Crippen molar-refractivity contribution < 1.29 is 4.79 Å². The van der Waals surface area contributed by atoms with Crippen LogP contribution < -0.4 is 5.32 Å². The molecule has 1 heterocycles. The molecule has 0 atom stereocenters. The van der Waals surface area contributed by atoms with Crippen LogP contribution in [0.3, 0.4) is 0 Å². The van der Waals surface area contributed by atoms with Gasteiger partial charge in [-0.25, -0.2) is 4.98 Å². The van der Waals surface area contributed by atoms with Crippen LogP contribution in [0.25, 0.3) is 5.69 Å². The van der Waals surface area contributed by atoms with E-state index in [4.69, 9.17) is 0 Å². The maximum absolute atomic E-state index is 11.8. The van der Waals surface area contributed by atoms with Crippen LogP contribution >= 0.6 is 0 Å². The molecular weight excluding hydrogens is 238 g/mol. The summed E-state index contributed by atoms with van der Waals surface area (Å²) in [6.07, 6.45) is 5.48. The Balaban J connectivity index is 2.06. The molecule has 0 aliphatic carbocycles. The van der Waals surface area contributed by atoms with Gasteiger partial charge in [-0.05, 0) is 25.5 Å². The van der Waals surface area contributed by atoms with E-state index < -0.39 is 0 Å². The molecule has 1 aromatic carbocycles. The summed E-state index contributed by atoms with van der Waals surface area (Å²) >= 11 is 0. The van der Waals surface area contributed by atoms with Crippen LogP contribution in [0.2, 0.25) is 0 Å². The number of nitrogens with zero attached hydrogens (tertiary/aromatic N) is 2. The maximum Gasteiger partial charge on any atom is 0.271 e. The number of nitrogens with one attached hydrogen (secondary N) is 1. The van der Waals surface area contributed by atoms with E-state index in [9.17, 15) is 4.79 Å². The molecule has 4 nitrogen and oxygen atoms in total. The molecule has 2 aromatic rings. The molecule has 4 heteroatoms. The highest BCUT2D eigenvalue weighted by molar-refractivity contribution is 5.92. The number of aromatic nitrogens is 2. The smallest absolute Gasteiger partial charge is 0.271 e. The summed E-state index contributed by atoms with van der Waals surface area (Å²) < 4.78 is 1.86. The summed E-state index contributed by atoms with van der Waals surface area (Å²) in [6, 6.07) is 8.10. The standard InChI is InChI=1S/C15H19N3O/c1-3-4-9-16-15(19)14-10-18(11-17-14)13-7-5-12(2)6-8-13/h5-8,10-11H,3-4,9H2,1-2H3,(H,16,19). The molecule has 0 bridgehead atoms. The summed E-state index contributed by atoms with van der Waals surface area (Å²) in [4.78, 5) is 16.0. The minimum atomic E-state index is -0.112. The van der Waals surface area contributed by atoms with Gasteiger partial charge in [0, 0.05) is 18.4 Å². The molecule has 1 N–H and O–H groups in total. The molecule has 0 saturated heterocycles. The topological polar surface area (TPSA) is 46.9 Å². The van der Waals surface area contributed by atoms with Crippen molar-refractivity contribution in [2.24, 2.45) is 0 Å². The van der Waals surface area contributed by atoms with Crippen LogP contribution in [-0.4, -0.2) is 22.0 Å². The lowest BCUT2D eigenvalue weighted by Gasteiger charge is -2.02. The minimum Gasteiger partial charge on any atom is -0.351 e. The predicted molar refractivity (Wildman–Crippen MR) is 75.5 cm³/mol. The van der Waals surface area contributed by atoms with E-state index in [1.54, 1.807) is 12.5 Å². The Bertz CT molecular complexity index is 543. The molecule has 0 aliphatic heterocycles. The zero-order valence-electron chi connectivity index (χ0n) is 11.4. The molecule has 0 aliphatic rings. The second-order valence-corrected chi connectivity index (χ2v) is 4.61. The van der Waals surface area contributed by atoms with E-state index >= 15 is 0 Å². The van der Waals surface area contributed by atoms with Gasteiger partial charge in [-0.15, -0.1) is 0 Å². The quantitative estimate of drug-likeness (QED) is 0.837. The molecule has 0 fully saturated rings. The fourth-order valence-electron chi connectivity index (χ4n) is 1.77. The highest BCUT2D eigenvalue weighted by Gasteiger charge is 2.08. The minimum absolute atomic E-state index is 0.112. The van der Waals surface area contributed by atoms with Gasteiger partial charge in [0.25, 0.3) is 5.91 Å². The van der Waals surface area contributed by atoms with E-state index in [-0.39, 0.29) is 5.91 Å². The molecule has 1 amide bonds. The molecule has 0 spiro atoms. The molecule has 1 aromatic heterocycles. The maximum atomic E-state index is 11.8. The number of hydrogen-bond donors (Lipinski definition) is 1. The third-order valence-electron chi connectivity index (χ3n) is 2.96. The van der Waals surface area contributed by atoms with Gasteiger partial charge in [0.2, 0.25) is 0 Å². The number of aryl methyl sites for hydroxylation is 1. The lowest BCUT2D eigenvalue weighted by Crippen LogP contribution is -2.24. The number of carbonyl (C=O) groups excluding carboxylic acids is 1. The Morgan fingerprint density at radius 2 is 2.05 bits per heavy atom. The van der Waals surface area contributed by atoms with Gasteiger partial charge >= 0.3 is 0 Å². The average Bonchev–Trinajstić information content (AvgIpc) is 2.89. The number of hydrogen-bond acceptors (Lipinski definition) is 2. The van der Waals surface area contributed by atoms with Gasteiger partial charge in [0.05, 0.1) is 0 Å². The van der Waals surface area contributed by atoms with Gasteiger partial charge in [-0.2, -0.15) is 0 Å². The van der Waals surface area contributed by atoms with Crippen LogP contribution in [-0.2, 0) is 0 Å². The lowest BCUT2D eigenvalue weighted by molar-refractivity contribution is 0.0948. The predicted octanol–water partition coefficient (Wildman–Crippen LogP) is 2.71. The number of benzene rings is 1. The zero-order chi connectivity index (χ0) is 13.7. The van der Waals surface area contributed by atoms with Gasteiger partial charge in [0.15, 0.2) is 0 Å². The molecule has 19 heavy (non-hydrogen) atoms. The van der Waals surface area contributed by atoms with Crippen molar-refractivity contribution >= 4 is 5.91 Å². The van der Waals surface area contributed by atoms with Crippen molar-refractivity contribution in [2.75, 3.05) is 6.54 Å². The van der Waals surface area contributed by atoms with Crippen LogP contribution in [0.15, 0.2) is 36.8 Å². The summed E-state index contributed by atoms with van der Waals surface area (Å²) in [6.45, 7) is 4.84. The largest absolute Gasteiger partial charge is 0.351 e. The third-order valence-corrected chi connectivity index (χ3v) is 2.96. The normalized spacial score (nSPS) is 10.4. The number of imidazole rings is 1. The van der Waals surface area contributed by atoms with Crippen molar-refractivity contribution in [1.29, 1.82) is 0 Å². The Labute approximate surface area is 113 Å². The number of amides is 1. The fourth-order valence-corrected chi connectivity index (χ4v) is 1.77. The molecule has 0 unspecified atom stereocenters. The first-order chi connectivity index (χ1) is 9.20. The van der Waals surface area contributed by atoms with Crippen LogP contribution in [0, 0.1) is 6.92 Å². The molecule has 100 valence electrons. The van der Waals surface area contributed by atoms with E-state index in [0.29, 0.717) is 12.2 Å². The Hall–Kier alpha value is -2.10. The Kier molecular flexibility index (Phi) is 4.34. The van der Waals surface area contributed by atoms with E-state index in [1.807, 2.05) is 35.8 Å². The summed E-state index contributed by atoms with van der Waals surface area (Å²) in [5.74, 6) is -0.112. The van der Waals surface area contributed by atoms with Crippen LogP contribution in [0.5, 0.6) is 0 Å². The monoisotopic (exact) mass is 257 g/mol. The Morgan fingerprint density at radius 1 is 1.32 bits per heavy atom. The Morgan fingerprint density at radius 3 is 2.74 bits per heavy atom.